The summed E-state index contributed by atoms with van der Waals surface area (Å²) in [7, 11) is 0. The van der Waals surface area contributed by atoms with Crippen LogP contribution in [0.25, 0.3) is 0 Å². The zero-order chi connectivity index (χ0) is 13.3. The van der Waals surface area contributed by atoms with Crippen molar-refractivity contribution in [3.8, 4) is 0 Å². The van der Waals surface area contributed by atoms with E-state index in [-0.39, 0.29) is 12.3 Å². The first-order valence-electron chi connectivity index (χ1n) is 5.94. The lowest BCUT2D eigenvalue weighted by molar-refractivity contribution is -0.141. The van der Waals surface area contributed by atoms with Gasteiger partial charge in [0, 0.05) is 19.5 Å². The van der Waals surface area contributed by atoms with Crippen molar-refractivity contribution in [2.24, 2.45) is 11.1 Å². The van der Waals surface area contributed by atoms with Gasteiger partial charge in [0.2, 0.25) is 11.8 Å². The number of amides is 2. The largest absolute Gasteiger partial charge is 0.390 e. The molecule has 0 aliphatic carbocycles. The highest BCUT2D eigenvalue weighted by molar-refractivity contribution is 5.87. The van der Waals surface area contributed by atoms with Crippen molar-refractivity contribution in [2.45, 2.75) is 45.6 Å². The Morgan fingerprint density at radius 3 is 2.24 bits per heavy atom. The molecule has 3 N–H and O–H groups in total. The summed E-state index contributed by atoms with van der Waals surface area (Å²) in [4.78, 5) is 24.8. The maximum absolute atomic E-state index is 12.0. The predicted molar refractivity (Wildman–Crippen MR) is 64.0 cm³/mol. The average Bonchev–Trinajstić information content (AvgIpc) is 2.16. The molecule has 1 aliphatic rings. The Labute approximate surface area is 102 Å². The van der Waals surface area contributed by atoms with Crippen LogP contribution in [0.1, 0.15) is 40.0 Å². The lowest BCUT2D eigenvalue weighted by Gasteiger charge is -2.36. The van der Waals surface area contributed by atoms with Crippen LogP contribution in [0.4, 0.5) is 0 Å². The Bertz CT molecular complexity index is 314. The van der Waals surface area contributed by atoms with Gasteiger partial charge in [-0.1, -0.05) is 13.8 Å². The quantitative estimate of drug-likeness (QED) is 0.744. The zero-order valence-corrected chi connectivity index (χ0v) is 10.8. The van der Waals surface area contributed by atoms with Crippen LogP contribution in [0.2, 0.25) is 0 Å². The molecule has 0 saturated carbocycles. The third kappa shape index (κ3) is 3.70. The second-order valence-electron chi connectivity index (χ2n) is 5.80. The van der Waals surface area contributed by atoms with E-state index in [9.17, 15) is 14.7 Å². The molecule has 5 heteroatoms. The van der Waals surface area contributed by atoms with Crippen molar-refractivity contribution in [1.82, 2.24) is 4.90 Å². The summed E-state index contributed by atoms with van der Waals surface area (Å²) in [5, 5.41) is 9.78. The third-order valence-corrected chi connectivity index (χ3v) is 3.45. The zero-order valence-electron chi connectivity index (χ0n) is 10.8. The molecule has 0 aromatic heterocycles. The topological polar surface area (TPSA) is 83.6 Å². The fourth-order valence-corrected chi connectivity index (χ4v) is 1.81. The number of piperidine rings is 1. The van der Waals surface area contributed by atoms with Crippen molar-refractivity contribution in [3.63, 3.8) is 0 Å². The van der Waals surface area contributed by atoms with Gasteiger partial charge in [-0.2, -0.15) is 0 Å². The van der Waals surface area contributed by atoms with Crippen LogP contribution in [0, 0.1) is 5.41 Å². The number of nitrogens with two attached hydrogens (primary N) is 1. The summed E-state index contributed by atoms with van der Waals surface area (Å²) < 4.78 is 0. The predicted octanol–water partition coefficient (Wildman–Crippen LogP) is 0.261. The van der Waals surface area contributed by atoms with E-state index in [4.69, 9.17) is 5.73 Å². The van der Waals surface area contributed by atoms with Crippen molar-refractivity contribution in [1.29, 1.82) is 0 Å². The molecule has 1 heterocycles. The van der Waals surface area contributed by atoms with Crippen molar-refractivity contribution in [2.75, 3.05) is 13.1 Å². The van der Waals surface area contributed by atoms with E-state index < -0.39 is 16.9 Å². The van der Waals surface area contributed by atoms with Gasteiger partial charge in [0.15, 0.2) is 0 Å². The summed E-state index contributed by atoms with van der Waals surface area (Å²) in [5.74, 6) is -0.529. The minimum absolute atomic E-state index is 0.0655. The lowest BCUT2D eigenvalue weighted by Crippen LogP contribution is -2.47. The van der Waals surface area contributed by atoms with Crippen molar-refractivity contribution in [3.05, 3.63) is 0 Å². The molecule has 1 saturated heterocycles. The number of nitrogens with zero attached hydrogens (tertiary/aromatic N) is 1. The summed E-state index contributed by atoms with van der Waals surface area (Å²) in [6.07, 6.45) is 1.29. The number of primary amides is 1. The van der Waals surface area contributed by atoms with Gasteiger partial charge in [0.1, 0.15) is 0 Å². The molecule has 1 rings (SSSR count). The molecule has 0 atom stereocenters. The molecule has 0 spiro atoms. The number of rotatable bonds is 3. The van der Waals surface area contributed by atoms with Crippen LogP contribution in [0.15, 0.2) is 0 Å². The van der Waals surface area contributed by atoms with E-state index in [1.807, 2.05) is 0 Å². The highest BCUT2D eigenvalue weighted by Gasteiger charge is 2.34. The Morgan fingerprint density at radius 1 is 1.35 bits per heavy atom. The molecule has 1 aliphatic heterocycles. The maximum atomic E-state index is 12.0. The first-order valence-corrected chi connectivity index (χ1v) is 5.94. The minimum atomic E-state index is -0.808. The maximum Gasteiger partial charge on any atom is 0.223 e. The molecule has 0 radical (unpaired) electrons. The van der Waals surface area contributed by atoms with Crippen LogP contribution in [0.5, 0.6) is 0 Å². The van der Waals surface area contributed by atoms with Crippen LogP contribution >= 0.6 is 0 Å². The molecule has 1 fully saturated rings. The summed E-state index contributed by atoms with van der Waals surface area (Å²) in [5.41, 5.74) is 3.76. The Kier molecular flexibility index (Phi) is 3.81. The van der Waals surface area contributed by atoms with E-state index in [1.54, 1.807) is 25.7 Å². The monoisotopic (exact) mass is 242 g/mol. The fourth-order valence-electron chi connectivity index (χ4n) is 1.81. The number of likely N-dealkylation sites (tertiary alicyclic amines) is 1. The second kappa shape index (κ2) is 4.64. The van der Waals surface area contributed by atoms with Gasteiger partial charge in [0.05, 0.1) is 11.0 Å². The van der Waals surface area contributed by atoms with Crippen LogP contribution in [-0.4, -0.2) is 40.5 Å². The van der Waals surface area contributed by atoms with Gasteiger partial charge in [-0.25, -0.2) is 0 Å². The number of hydrogen-bond acceptors (Lipinski definition) is 3. The lowest BCUT2D eigenvalue weighted by atomic mass is 9.87. The van der Waals surface area contributed by atoms with Gasteiger partial charge >= 0.3 is 0 Å². The SMILES string of the molecule is CC1(O)CCN(C(=O)CC(C)(C)C(N)=O)CC1. The second-order valence-corrected chi connectivity index (χ2v) is 5.80. The van der Waals surface area contributed by atoms with E-state index in [2.05, 4.69) is 0 Å². The molecule has 0 aromatic rings. The molecule has 17 heavy (non-hydrogen) atoms. The Hall–Kier alpha value is -1.10. The average molecular weight is 242 g/mol. The highest BCUT2D eigenvalue weighted by Crippen LogP contribution is 2.25. The molecule has 98 valence electrons. The van der Waals surface area contributed by atoms with E-state index >= 15 is 0 Å². The van der Waals surface area contributed by atoms with Crippen molar-refractivity contribution >= 4 is 11.8 Å². The first-order chi connectivity index (χ1) is 7.64. The smallest absolute Gasteiger partial charge is 0.223 e. The molecular weight excluding hydrogens is 220 g/mol. The van der Waals surface area contributed by atoms with E-state index in [0.29, 0.717) is 25.9 Å². The van der Waals surface area contributed by atoms with Gasteiger partial charge in [-0.15, -0.1) is 0 Å². The van der Waals surface area contributed by atoms with Gasteiger partial charge < -0.3 is 15.7 Å². The fraction of sp³-hybridized carbons (Fsp3) is 0.833. The number of carbonyl (C=O) groups excluding carboxylic acids is 2. The summed E-state index contributed by atoms with van der Waals surface area (Å²) in [6.45, 7) is 6.21. The summed E-state index contributed by atoms with van der Waals surface area (Å²) >= 11 is 0. The molecule has 5 nitrogen and oxygen atoms in total. The van der Waals surface area contributed by atoms with Crippen LogP contribution in [0.3, 0.4) is 0 Å². The normalized spacial score (nSPS) is 20.1. The minimum Gasteiger partial charge on any atom is -0.390 e. The van der Waals surface area contributed by atoms with Gasteiger partial charge in [-0.3, -0.25) is 9.59 Å². The summed E-state index contributed by atoms with van der Waals surface area (Å²) in [6, 6.07) is 0. The van der Waals surface area contributed by atoms with E-state index in [0.717, 1.165) is 0 Å². The van der Waals surface area contributed by atoms with Gasteiger partial charge in [-0.05, 0) is 19.8 Å². The number of carbonyl (C=O) groups is 2. The third-order valence-electron chi connectivity index (χ3n) is 3.45. The van der Waals surface area contributed by atoms with Crippen LogP contribution < -0.4 is 5.73 Å². The Morgan fingerprint density at radius 2 is 1.82 bits per heavy atom. The Balaban J connectivity index is 2.53. The standard InChI is InChI=1S/C12H22N2O3/c1-11(2,10(13)16)8-9(15)14-6-4-12(3,17)5-7-14/h17H,4-8H2,1-3H3,(H2,13,16). The molecule has 0 aromatic carbocycles. The highest BCUT2D eigenvalue weighted by atomic mass is 16.3. The molecule has 2 amide bonds. The number of aliphatic hydroxyl groups is 1. The number of hydrogen-bond donors (Lipinski definition) is 2. The van der Waals surface area contributed by atoms with Gasteiger partial charge in [0.25, 0.3) is 0 Å². The molecule has 0 unspecified atom stereocenters. The molecular formula is C12H22N2O3. The van der Waals surface area contributed by atoms with Crippen LogP contribution in [-0.2, 0) is 9.59 Å². The van der Waals surface area contributed by atoms with E-state index in [1.165, 1.54) is 0 Å². The van der Waals surface area contributed by atoms with Crippen molar-refractivity contribution < 1.29 is 14.7 Å². The molecule has 0 bridgehead atoms. The first kappa shape index (κ1) is 14.0.